The molecule has 1 aliphatic rings. The van der Waals surface area contributed by atoms with Gasteiger partial charge in [0.1, 0.15) is 5.00 Å². The lowest BCUT2D eigenvalue weighted by Gasteiger charge is -2.26. The fourth-order valence-corrected chi connectivity index (χ4v) is 9.53. The number of carbonyl (C=O) groups excluding carboxylic acids is 2. The minimum absolute atomic E-state index is 0.0503. The van der Waals surface area contributed by atoms with Gasteiger partial charge in [0.25, 0.3) is 11.8 Å². The number of carbonyl (C=O) groups is 4. The number of sulfonamides is 1. The molecule has 11 nitrogen and oxygen atoms in total. The molecule has 0 fully saturated rings. The zero-order valence-corrected chi connectivity index (χ0v) is 32.0. The van der Waals surface area contributed by atoms with Crippen molar-refractivity contribution in [3.05, 3.63) is 146 Å². The van der Waals surface area contributed by atoms with Gasteiger partial charge in [0.05, 0.1) is 21.6 Å². The van der Waals surface area contributed by atoms with Gasteiger partial charge in [-0.1, -0.05) is 42.5 Å². The number of thiophene rings is 1. The Morgan fingerprint density at radius 3 is 1.98 bits per heavy atom. The van der Waals surface area contributed by atoms with Crippen molar-refractivity contribution in [2.75, 3.05) is 10.6 Å². The highest BCUT2D eigenvalue weighted by atomic mass is 32.2. The molecule has 0 aliphatic heterocycles. The Balaban J connectivity index is 1.17. The number of amides is 2. The number of benzene rings is 4. The van der Waals surface area contributed by atoms with E-state index in [9.17, 15) is 32.7 Å². The summed E-state index contributed by atoms with van der Waals surface area (Å²) >= 11 is 1.36. The van der Waals surface area contributed by atoms with Gasteiger partial charge in [0, 0.05) is 28.7 Å². The number of hydrogen-bond acceptors (Lipinski definition) is 7. The maximum Gasteiger partial charge on any atom is 0.335 e. The van der Waals surface area contributed by atoms with Crippen LogP contribution in [0.1, 0.15) is 95.3 Å². The summed E-state index contributed by atoms with van der Waals surface area (Å²) in [4.78, 5) is 51.2. The van der Waals surface area contributed by atoms with E-state index < -0.39 is 33.9 Å². The Morgan fingerprint density at radius 1 is 0.709 bits per heavy atom. The average Bonchev–Trinajstić information content (AvgIpc) is 3.54. The molecule has 1 aromatic heterocycles. The van der Waals surface area contributed by atoms with E-state index in [1.807, 2.05) is 36.4 Å². The van der Waals surface area contributed by atoms with Gasteiger partial charge in [-0.25, -0.2) is 18.0 Å². The molecule has 0 saturated carbocycles. The first-order chi connectivity index (χ1) is 26.3. The van der Waals surface area contributed by atoms with Gasteiger partial charge in [-0.3, -0.25) is 9.59 Å². The van der Waals surface area contributed by atoms with Gasteiger partial charge < -0.3 is 20.8 Å². The zero-order valence-electron chi connectivity index (χ0n) is 30.4. The van der Waals surface area contributed by atoms with Crippen LogP contribution in [0.25, 0.3) is 0 Å². The average molecular weight is 780 g/mol. The Morgan fingerprint density at radius 2 is 1.33 bits per heavy atom. The van der Waals surface area contributed by atoms with E-state index in [0.717, 1.165) is 53.7 Å². The molecule has 4 aromatic carbocycles. The standard InChI is InChI=1S/C42H41N3O8S2/c1-26(2)45(25-29-7-5-9-32(23-29)42(50)51)55(52,53)34-10-6-8-31(24-34)38(46)44-40-37(35-11-3-4-12-36(35)54-40)39(47)43-33-21-17-28(18-22-33)14-13-27-15-19-30(20-16-27)41(48)49/h5-10,15-24,26H,3-4,11-14,25H2,1-2H3,(H,43,47)(H,44,46)(H,48,49)(H,50,51). The van der Waals surface area contributed by atoms with E-state index in [1.165, 1.54) is 52.0 Å². The number of anilines is 2. The van der Waals surface area contributed by atoms with E-state index in [1.54, 1.807) is 38.1 Å². The molecule has 0 atom stereocenters. The molecule has 0 saturated heterocycles. The number of rotatable bonds is 14. The van der Waals surface area contributed by atoms with Gasteiger partial charge >= 0.3 is 11.9 Å². The summed E-state index contributed by atoms with van der Waals surface area (Å²) < 4.78 is 29.1. The monoisotopic (exact) mass is 779 g/mol. The molecule has 284 valence electrons. The summed E-state index contributed by atoms with van der Waals surface area (Å²) in [5.74, 6) is -2.98. The van der Waals surface area contributed by atoms with Gasteiger partial charge in [0.15, 0.2) is 0 Å². The van der Waals surface area contributed by atoms with E-state index in [4.69, 9.17) is 5.11 Å². The molecule has 2 amide bonds. The van der Waals surface area contributed by atoms with Crippen molar-refractivity contribution in [1.82, 2.24) is 4.31 Å². The molecule has 13 heteroatoms. The maximum absolute atomic E-state index is 13.9. The van der Waals surface area contributed by atoms with Crippen LogP contribution in [0.4, 0.5) is 10.7 Å². The highest BCUT2D eigenvalue weighted by Gasteiger charge is 2.30. The topological polar surface area (TPSA) is 170 Å². The van der Waals surface area contributed by atoms with Crippen LogP contribution < -0.4 is 10.6 Å². The third-order valence-corrected chi connectivity index (χ3v) is 12.8. The normalized spacial score (nSPS) is 12.7. The van der Waals surface area contributed by atoms with Crippen LogP contribution in [-0.2, 0) is 42.3 Å². The molecule has 6 rings (SSSR count). The first-order valence-electron chi connectivity index (χ1n) is 17.9. The van der Waals surface area contributed by atoms with Crippen molar-refractivity contribution in [2.24, 2.45) is 0 Å². The Kier molecular flexibility index (Phi) is 11.9. The molecule has 1 heterocycles. The first kappa shape index (κ1) is 39.1. The Bertz CT molecular complexity index is 2350. The predicted octanol–water partition coefficient (Wildman–Crippen LogP) is 7.91. The molecule has 0 unspecified atom stereocenters. The van der Waals surface area contributed by atoms with Crippen LogP contribution in [0, 0.1) is 0 Å². The second-order valence-corrected chi connectivity index (χ2v) is 16.7. The number of hydrogen-bond donors (Lipinski definition) is 4. The third kappa shape index (κ3) is 9.19. The number of aromatic carboxylic acids is 2. The number of aryl methyl sites for hydroxylation is 3. The van der Waals surface area contributed by atoms with Crippen LogP contribution in [0.3, 0.4) is 0 Å². The van der Waals surface area contributed by atoms with Crippen molar-refractivity contribution >= 4 is 55.8 Å². The zero-order chi connectivity index (χ0) is 39.3. The second kappa shape index (κ2) is 16.8. The van der Waals surface area contributed by atoms with Gasteiger partial charge in [-0.2, -0.15) is 4.31 Å². The predicted molar refractivity (Wildman–Crippen MR) is 212 cm³/mol. The van der Waals surface area contributed by atoms with E-state index in [0.29, 0.717) is 28.2 Å². The molecule has 55 heavy (non-hydrogen) atoms. The first-order valence-corrected chi connectivity index (χ1v) is 20.2. The fourth-order valence-electron chi connectivity index (χ4n) is 6.58. The maximum atomic E-state index is 13.9. The molecule has 0 spiro atoms. The van der Waals surface area contributed by atoms with Crippen LogP contribution in [-0.4, -0.2) is 52.7 Å². The van der Waals surface area contributed by atoms with Crippen LogP contribution in [0.15, 0.2) is 102 Å². The number of nitrogens with one attached hydrogen (secondary N) is 2. The minimum atomic E-state index is -4.12. The van der Waals surface area contributed by atoms with E-state index in [2.05, 4.69) is 10.6 Å². The Hall–Kier alpha value is -5.63. The van der Waals surface area contributed by atoms with Gasteiger partial charge in [-0.15, -0.1) is 11.3 Å². The molecule has 5 aromatic rings. The summed E-state index contributed by atoms with van der Waals surface area (Å²) in [5, 5.41) is 24.8. The van der Waals surface area contributed by atoms with Crippen molar-refractivity contribution < 1.29 is 37.8 Å². The fraction of sp³-hybridized carbons (Fsp3) is 0.238. The van der Waals surface area contributed by atoms with Gasteiger partial charge in [0.2, 0.25) is 10.0 Å². The third-order valence-electron chi connectivity index (χ3n) is 9.53. The minimum Gasteiger partial charge on any atom is -0.478 e. The molecule has 0 radical (unpaired) electrons. The lowest BCUT2D eigenvalue weighted by molar-refractivity contribution is 0.0686. The van der Waals surface area contributed by atoms with Crippen molar-refractivity contribution in [3.63, 3.8) is 0 Å². The van der Waals surface area contributed by atoms with E-state index in [-0.39, 0.29) is 34.0 Å². The summed E-state index contributed by atoms with van der Waals surface area (Å²) in [5.41, 5.74) is 4.88. The lowest BCUT2D eigenvalue weighted by Crippen LogP contribution is -2.36. The summed E-state index contributed by atoms with van der Waals surface area (Å²) in [6.45, 7) is 3.38. The second-order valence-electron chi connectivity index (χ2n) is 13.7. The Labute approximate surface area is 323 Å². The smallest absolute Gasteiger partial charge is 0.335 e. The highest BCUT2D eigenvalue weighted by Crippen LogP contribution is 2.39. The van der Waals surface area contributed by atoms with Crippen molar-refractivity contribution in [2.45, 2.75) is 69.9 Å². The molecule has 0 bridgehead atoms. The molecule has 1 aliphatic carbocycles. The van der Waals surface area contributed by atoms with Crippen molar-refractivity contribution in [1.29, 1.82) is 0 Å². The summed E-state index contributed by atoms with van der Waals surface area (Å²) in [6, 6.07) is 25.7. The molecular weight excluding hydrogens is 739 g/mol. The number of carboxylic acids is 2. The SMILES string of the molecule is CC(C)N(Cc1cccc(C(=O)O)c1)S(=O)(=O)c1cccc(C(=O)Nc2sc3c(c2C(=O)Nc2ccc(CCc4ccc(C(=O)O)cc4)cc2)CCCC3)c1. The van der Waals surface area contributed by atoms with Gasteiger partial charge in [-0.05, 0) is 129 Å². The lowest BCUT2D eigenvalue weighted by atomic mass is 9.95. The van der Waals surface area contributed by atoms with E-state index >= 15 is 0 Å². The quantitative estimate of drug-likeness (QED) is 0.0881. The molecular formula is C42H41N3O8S2. The summed E-state index contributed by atoms with van der Waals surface area (Å²) in [6.07, 6.45) is 4.83. The van der Waals surface area contributed by atoms with Crippen LogP contribution in [0.2, 0.25) is 0 Å². The number of carboxylic acid groups (broad SMARTS) is 2. The largest absolute Gasteiger partial charge is 0.478 e. The summed E-state index contributed by atoms with van der Waals surface area (Å²) in [7, 11) is -4.12. The molecule has 4 N–H and O–H groups in total. The number of nitrogens with zero attached hydrogens (tertiary/aromatic N) is 1. The van der Waals surface area contributed by atoms with Crippen LogP contribution >= 0.6 is 11.3 Å². The highest BCUT2D eigenvalue weighted by molar-refractivity contribution is 7.89. The van der Waals surface area contributed by atoms with Crippen LogP contribution in [0.5, 0.6) is 0 Å². The number of fused-ring (bicyclic) bond motifs is 1. The van der Waals surface area contributed by atoms with Crippen molar-refractivity contribution in [3.8, 4) is 0 Å².